The first-order chi connectivity index (χ1) is 15.7. The third kappa shape index (κ3) is 4.76. The topological polar surface area (TPSA) is 82.5 Å². The molecule has 1 fully saturated rings. The largest absolute Gasteiger partial charge is 0.377 e. The number of hydrogen-bond acceptors (Lipinski definition) is 4. The van der Waals surface area contributed by atoms with E-state index < -0.39 is 0 Å². The Morgan fingerprint density at radius 2 is 1.72 bits per heavy atom. The monoisotopic (exact) mass is 427 g/mol. The summed E-state index contributed by atoms with van der Waals surface area (Å²) in [6.07, 6.45) is 1.23. The molecule has 162 valence electrons. The summed E-state index contributed by atoms with van der Waals surface area (Å²) in [5.74, 6) is -0.286. The lowest BCUT2D eigenvalue weighted by Crippen LogP contribution is -2.53. The fourth-order valence-electron chi connectivity index (χ4n) is 3.83. The second-order valence-corrected chi connectivity index (χ2v) is 7.62. The molecule has 1 aliphatic rings. The Morgan fingerprint density at radius 3 is 2.47 bits per heavy atom. The lowest BCUT2D eigenvalue weighted by atomic mass is 9.98. The van der Waals surface area contributed by atoms with Gasteiger partial charge in [0.2, 0.25) is 0 Å². The number of morpholine rings is 1. The lowest BCUT2D eigenvalue weighted by molar-refractivity contribution is -0.00125. The molecule has 4 rings (SSSR count). The highest BCUT2D eigenvalue weighted by Gasteiger charge is 2.29. The van der Waals surface area contributed by atoms with Gasteiger partial charge in [-0.1, -0.05) is 60.7 Å². The molecule has 3 aromatic carbocycles. The molecular formula is C26H25N3O3. The molecule has 6 heteroatoms. The molecule has 1 saturated heterocycles. The number of nitrogens with zero attached hydrogens (tertiary/aromatic N) is 1. The van der Waals surface area contributed by atoms with Crippen LogP contribution >= 0.6 is 0 Å². The minimum Gasteiger partial charge on any atom is -0.377 e. The van der Waals surface area contributed by atoms with Crippen molar-refractivity contribution >= 4 is 18.0 Å². The summed E-state index contributed by atoms with van der Waals surface area (Å²) >= 11 is 0. The molecule has 1 heterocycles. The number of nitrogens with one attached hydrogen (secondary N) is 2. The Balaban J connectivity index is 1.49. The highest BCUT2D eigenvalue weighted by atomic mass is 16.5. The van der Waals surface area contributed by atoms with Crippen molar-refractivity contribution in [3.05, 3.63) is 95.6 Å². The van der Waals surface area contributed by atoms with Gasteiger partial charge in [0, 0.05) is 30.4 Å². The Labute approximate surface area is 187 Å². The lowest BCUT2D eigenvalue weighted by Gasteiger charge is -2.36. The third-order valence-corrected chi connectivity index (χ3v) is 5.57. The van der Waals surface area contributed by atoms with Crippen LogP contribution in [0.15, 0.2) is 78.9 Å². The van der Waals surface area contributed by atoms with Crippen LogP contribution in [0.4, 0.5) is 0 Å². The highest BCUT2D eigenvalue weighted by Crippen LogP contribution is 2.25. The normalized spacial score (nSPS) is 15.8. The minimum absolute atomic E-state index is 0.0673. The molecule has 32 heavy (non-hydrogen) atoms. The van der Waals surface area contributed by atoms with Gasteiger partial charge in [0.1, 0.15) is 0 Å². The molecule has 1 aliphatic heterocycles. The van der Waals surface area contributed by atoms with Crippen LogP contribution in [0, 0.1) is 5.41 Å². The van der Waals surface area contributed by atoms with E-state index in [1.807, 2.05) is 54.6 Å². The summed E-state index contributed by atoms with van der Waals surface area (Å²) in [5.41, 5.74) is 3.76. The van der Waals surface area contributed by atoms with E-state index in [2.05, 4.69) is 5.32 Å². The van der Waals surface area contributed by atoms with Gasteiger partial charge in [-0.05, 0) is 34.9 Å². The Hall–Kier alpha value is -3.77. The van der Waals surface area contributed by atoms with E-state index in [0.29, 0.717) is 37.4 Å². The van der Waals surface area contributed by atoms with Crippen LogP contribution in [-0.2, 0) is 4.74 Å². The molecule has 1 atom stereocenters. The maximum atomic E-state index is 13.5. The predicted molar refractivity (Wildman–Crippen MR) is 124 cm³/mol. The molecule has 0 bridgehead atoms. The highest BCUT2D eigenvalue weighted by molar-refractivity contribution is 6.01. The summed E-state index contributed by atoms with van der Waals surface area (Å²) in [5, 5.41) is 10.2. The van der Waals surface area contributed by atoms with E-state index in [4.69, 9.17) is 10.1 Å². The number of amides is 2. The minimum atomic E-state index is -0.259. The summed E-state index contributed by atoms with van der Waals surface area (Å²) in [7, 11) is 0. The van der Waals surface area contributed by atoms with Crippen LogP contribution in [0.1, 0.15) is 26.3 Å². The van der Waals surface area contributed by atoms with Crippen molar-refractivity contribution < 1.29 is 14.3 Å². The molecule has 0 radical (unpaired) electrons. The second-order valence-electron chi connectivity index (χ2n) is 7.62. The van der Waals surface area contributed by atoms with E-state index >= 15 is 0 Å². The standard InChI is InChI=1S/C26H25N3O3/c27-16-19-10-12-21(13-11-19)25(30)28-17-22-18-32-15-14-29(22)26(31)24-9-5-4-8-23(24)20-6-2-1-3-7-20/h1-13,16,22,27H,14-15,17-18H2,(H,28,30). The van der Waals surface area contributed by atoms with Crippen molar-refractivity contribution in [3.8, 4) is 11.1 Å². The number of benzene rings is 3. The molecule has 0 spiro atoms. The fraction of sp³-hybridized carbons (Fsp3) is 0.192. The number of hydrogen-bond donors (Lipinski definition) is 2. The molecule has 0 saturated carbocycles. The van der Waals surface area contributed by atoms with Crippen molar-refractivity contribution in [3.63, 3.8) is 0 Å². The first-order valence-corrected chi connectivity index (χ1v) is 10.6. The zero-order valence-corrected chi connectivity index (χ0v) is 17.7. The van der Waals surface area contributed by atoms with Gasteiger partial charge in [0.25, 0.3) is 11.8 Å². The van der Waals surface area contributed by atoms with Crippen LogP contribution in [-0.4, -0.2) is 55.3 Å². The SMILES string of the molecule is N=Cc1ccc(C(=O)NCC2COCCN2C(=O)c2ccccc2-c2ccccc2)cc1. The van der Waals surface area contributed by atoms with Crippen molar-refractivity contribution in [2.75, 3.05) is 26.3 Å². The van der Waals surface area contributed by atoms with Crippen LogP contribution in [0.5, 0.6) is 0 Å². The van der Waals surface area contributed by atoms with Gasteiger partial charge in [-0.2, -0.15) is 0 Å². The van der Waals surface area contributed by atoms with Gasteiger partial charge in [-0.15, -0.1) is 0 Å². The van der Waals surface area contributed by atoms with E-state index in [1.165, 1.54) is 6.21 Å². The molecule has 1 unspecified atom stereocenters. The second kappa shape index (κ2) is 10.0. The summed E-state index contributed by atoms with van der Waals surface area (Å²) < 4.78 is 5.61. The van der Waals surface area contributed by atoms with Gasteiger partial charge < -0.3 is 20.4 Å². The van der Waals surface area contributed by atoms with Crippen molar-refractivity contribution in [2.24, 2.45) is 0 Å². The van der Waals surface area contributed by atoms with Gasteiger partial charge in [-0.25, -0.2) is 0 Å². The molecular weight excluding hydrogens is 402 g/mol. The van der Waals surface area contributed by atoms with E-state index in [-0.39, 0.29) is 17.9 Å². The van der Waals surface area contributed by atoms with Crippen molar-refractivity contribution in [1.29, 1.82) is 5.41 Å². The van der Waals surface area contributed by atoms with Gasteiger partial charge >= 0.3 is 0 Å². The zero-order chi connectivity index (χ0) is 22.3. The number of ether oxygens (including phenoxy) is 1. The smallest absolute Gasteiger partial charge is 0.254 e. The van der Waals surface area contributed by atoms with E-state index in [0.717, 1.165) is 16.7 Å². The summed E-state index contributed by atoms with van der Waals surface area (Å²) in [6.45, 7) is 1.60. The fourth-order valence-corrected chi connectivity index (χ4v) is 3.83. The molecule has 3 aromatic rings. The molecule has 6 nitrogen and oxygen atoms in total. The van der Waals surface area contributed by atoms with Crippen LogP contribution < -0.4 is 5.32 Å². The predicted octanol–water partition coefficient (Wildman–Crippen LogP) is 3.62. The van der Waals surface area contributed by atoms with Gasteiger partial charge in [0.15, 0.2) is 0 Å². The van der Waals surface area contributed by atoms with Crippen molar-refractivity contribution in [1.82, 2.24) is 10.2 Å². The first kappa shape index (κ1) is 21.5. The number of carbonyl (C=O) groups excluding carboxylic acids is 2. The third-order valence-electron chi connectivity index (χ3n) is 5.57. The zero-order valence-electron chi connectivity index (χ0n) is 17.7. The Kier molecular flexibility index (Phi) is 6.72. The Bertz CT molecular complexity index is 1100. The van der Waals surface area contributed by atoms with E-state index in [9.17, 15) is 9.59 Å². The number of rotatable bonds is 6. The molecule has 0 aliphatic carbocycles. The maximum absolute atomic E-state index is 13.5. The Morgan fingerprint density at radius 1 is 1.00 bits per heavy atom. The summed E-state index contributed by atoms with van der Waals surface area (Å²) in [4.78, 5) is 27.9. The van der Waals surface area contributed by atoms with Crippen LogP contribution in [0.3, 0.4) is 0 Å². The van der Waals surface area contributed by atoms with Crippen molar-refractivity contribution in [2.45, 2.75) is 6.04 Å². The quantitative estimate of drug-likeness (QED) is 0.590. The summed E-state index contributed by atoms with van der Waals surface area (Å²) in [6, 6.07) is 24.0. The molecule has 2 N–H and O–H groups in total. The van der Waals surface area contributed by atoms with Crippen LogP contribution in [0.25, 0.3) is 11.1 Å². The average molecular weight is 428 g/mol. The molecule has 0 aromatic heterocycles. The molecule has 2 amide bonds. The number of carbonyl (C=O) groups is 2. The van der Waals surface area contributed by atoms with Gasteiger partial charge in [-0.3, -0.25) is 9.59 Å². The maximum Gasteiger partial charge on any atom is 0.254 e. The average Bonchev–Trinajstić information content (AvgIpc) is 2.87. The van der Waals surface area contributed by atoms with Crippen LogP contribution in [0.2, 0.25) is 0 Å². The van der Waals surface area contributed by atoms with E-state index in [1.54, 1.807) is 29.2 Å². The first-order valence-electron chi connectivity index (χ1n) is 10.6. The van der Waals surface area contributed by atoms with Gasteiger partial charge in [0.05, 0.1) is 19.3 Å².